The molecule has 168 valence electrons. The topological polar surface area (TPSA) is 80.9 Å². The van der Waals surface area contributed by atoms with Gasteiger partial charge in [0.1, 0.15) is 23.0 Å². The molecule has 0 unspecified atom stereocenters. The van der Waals surface area contributed by atoms with Crippen molar-refractivity contribution in [1.82, 2.24) is 0 Å². The fourth-order valence-electron chi connectivity index (χ4n) is 4.67. The second kappa shape index (κ2) is 8.21. The van der Waals surface area contributed by atoms with E-state index in [1.165, 1.54) is 0 Å². The maximum Gasteiger partial charge on any atom is 0.120 e. The lowest BCUT2D eigenvalue weighted by molar-refractivity contribution is 0.424. The third-order valence-corrected chi connectivity index (χ3v) is 6.22. The summed E-state index contributed by atoms with van der Waals surface area (Å²) >= 11 is 0. The van der Waals surface area contributed by atoms with Gasteiger partial charge in [0.15, 0.2) is 0 Å². The molecule has 0 spiro atoms. The highest BCUT2D eigenvalue weighted by Crippen LogP contribution is 2.55. The van der Waals surface area contributed by atoms with E-state index in [1.807, 2.05) is 52.0 Å². The molecule has 4 heteroatoms. The second-order valence-electron chi connectivity index (χ2n) is 8.83. The van der Waals surface area contributed by atoms with Gasteiger partial charge in [-0.2, -0.15) is 0 Å². The van der Waals surface area contributed by atoms with Crippen LogP contribution in [0.3, 0.4) is 0 Å². The summed E-state index contributed by atoms with van der Waals surface area (Å²) in [7, 11) is 0. The van der Waals surface area contributed by atoms with Gasteiger partial charge in [-0.25, -0.2) is 0 Å². The number of phenolic OH excluding ortho intramolecular Hbond substituents is 4. The largest absolute Gasteiger partial charge is 0.508 e. The van der Waals surface area contributed by atoms with E-state index in [9.17, 15) is 20.4 Å². The lowest BCUT2D eigenvalue weighted by atomic mass is 9.63. The lowest BCUT2D eigenvalue weighted by Crippen LogP contribution is -2.32. The molecule has 0 heterocycles. The molecule has 0 saturated heterocycles. The molecule has 0 saturated carbocycles. The highest BCUT2D eigenvalue weighted by molar-refractivity contribution is 5.71. The number of hydrogen-bond acceptors (Lipinski definition) is 4. The monoisotopic (exact) mass is 440 g/mol. The zero-order valence-electron chi connectivity index (χ0n) is 19.2. The summed E-state index contributed by atoms with van der Waals surface area (Å²) < 4.78 is 0. The maximum atomic E-state index is 11.2. The minimum Gasteiger partial charge on any atom is -0.508 e. The molecule has 4 nitrogen and oxygen atoms in total. The Balaban J connectivity index is 2.35. The van der Waals surface area contributed by atoms with Crippen LogP contribution in [0.4, 0.5) is 0 Å². The summed E-state index contributed by atoms with van der Waals surface area (Å²) in [5.41, 5.74) is 3.94. The van der Waals surface area contributed by atoms with Gasteiger partial charge < -0.3 is 20.4 Å². The third kappa shape index (κ3) is 3.68. The molecule has 0 amide bonds. The number of benzene rings is 4. The molecule has 4 aromatic rings. The molecule has 0 fully saturated rings. The predicted molar refractivity (Wildman–Crippen MR) is 130 cm³/mol. The molecular formula is C29H28O4. The molecule has 0 aliphatic carbocycles. The van der Waals surface area contributed by atoms with E-state index >= 15 is 0 Å². The van der Waals surface area contributed by atoms with Crippen LogP contribution in [0.1, 0.15) is 44.5 Å². The van der Waals surface area contributed by atoms with Crippen LogP contribution >= 0.6 is 0 Å². The zero-order valence-corrected chi connectivity index (χ0v) is 19.2. The molecule has 33 heavy (non-hydrogen) atoms. The summed E-state index contributed by atoms with van der Waals surface area (Å²) in [5.74, 6) is -0.0433. The first kappa shape index (κ1) is 22.3. The van der Waals surface area contributed by atoms with E-state index < -0.39 is 5.41 Å². The van der Waals surface area contributed by atoms with Crippen molar-refractivity contribution < 1.29 is 20.4 Å². The van der Waals surface area contributed by atoms with E-state index in [4.69, 9.17) is 0 Å². The van der Waals surface area contributed by atoms with Crippen LogP contribution < -0.4 is 0 Å². The molecule has 0 bridgehead atoms. The first-order chi connectivity index (χ1) is 15.6. The van der Waals surface area contributed by atoms with Crippen LogP contribution in [0.2, 0.25) is 0 Å². The van der Waals surface area contributed by atoms with Crippen LogP contribution in [0.25, 0.3) is 0 Å². The molecule has 0 radical (unpaired) electrons. The fourth-order valence-corrected chi connectivity index (χ4v) is 4.67. The quantitative estimate of drug-likeness (QED) is 0.288. The zero-order chi connectivity index (χ0) is 23.9. The first-order valence-electron chi connectivity index (χ1n) is 10.8. The van der Waals surface area contributed by atoms with Gasteiger partial charge in [-0.1, -0.05) is 70.8 Å². The summed E-state index contributed by atoms with van der Waals surface area (Å²) in [4.78, 5) is 0. The number of aromatic hydroxyl groups is 4. The molecule has 4 N–H and O–H groups in total. The molecule has 0 aliphatic rings. The highest BCUT2D eigenvalue weighted by atomic mass is 16.3. The van der Waals surface area contributed by atoms with E-state index in [-0.39, 0.29) is 23.0 Å². The van der Waals surface area contributed by atoms with Crippen LogP contribution in [0.5, 0.6) is 23.0 Å². The fraction of sp³-hybridized carbons (Fsp3) is 0.172. The van der Waals surface area contributed by atoms with Crippen LogP contribution in [-0.2, 0) is 5.41 Å². The van der Waals surface area contributed by atoms with Crippen molar-refractivity contribution in [2.24, 2.45) is 0 Å². The van der Waals surface area contributed by atoms with Gasteiger partial charge >= 0.3 is 0 Å². The number of rotatable bonds is 4. The highest BCUT2D eigenvalue weighted by Gasteiger charge is 2.46. The third-order valence-electron chi connectivity index (χ3n) is 6.22. The summed E-state index contributed by atoms with van der Waals surface area (Å²) in [5, 5.41) is 44.8. The van der Waals surface area contributed by atoms with Crippen LogP contribution in [0.15, 0.2) is 72.8 Å². The van der Waals surface area contributed by atoms with E-state index in [0.717, 1.165) is 22.3 Å². The van der Waals surface area contributed by atoms with E-state index in [2.05, 4.69) is 0 Å². The predicted octanol–water partition coefficient (Wildman–Crippen LogP) is 6.13. The molecule has 4 rings (SSSR count). The minimum atomic E-state index is -1.40. The SMILES string of the molecule is Cc1ccc(O)c(C(c2cc(C)ccc2O)(c2cc(C)ccc2O)c2cc(C)ccc2O)c1. The minimum absolute atomic E-state index is 0.0108. The molecule has 0 aromatic heterocycles. The van der Waals surface area contributed by atoms with Crippen molar-refractivity contribution in [3.63, 3.8) is 0 Å². The average molecular weight is 441 g/mol. The van der Waals surface area contributed by atoms with Crippen molar-refractivity contribution in [2.75, 3.05) is 0 Å². The van der Waals surface area contributed by atoms with Crippen LogP contribution in [-0.4, -0.2) is 20.4 Å². The van der Waals surface area contributed by atoms with Gasteiger partial charge in [0.2, 0.25) is 0 Å². The molecule has 0 aliphatic heterocycles. The summed E-state index contributed by atoms with van der Waals surface area (Å²) in [6, 6.07) is 20.9. The van der Waals surface area contributed by atoms with Crippen molar-refractivity contribution in [3.8, 4) is 23.0 Å². The normalized spacial score (nSPS) is 11.5. The van der Waals surface area contributed by atoms with Gasteiger partial charge in [0, 0.05) is 22.3 Å². The van der Waals surface area contributed by atoms with Crippen molar-refractivity contribution in [1.29, 1.82) is 0 Å². The lowest BCUT2D eigenvalue weighted by Gasteiger charge is -2.38. The van der Waals surface area contributed by atoms with Gasteiger partial charge in [-0.3, -0.25) is 0 Å². The van der Waals surface area contributed by atoms with Crippen LogP contribution in [0, 0.1) is 27.7 Å². The van der Waals surface area contributed by atoms with Gasteiger partial charge in [-0.15, -0.1) is 0 Å². The Morgan fingerprint density at radius 1 is 0.394 bits per heavy atom. The smallest absolute Gasteiger partial charge is 0.120 e. The first-order valence-corrected chi connectivity index (χ1v) is 10.8. The standard InChI is InChI=1S/C29H28O4/c1-17-5-9-25(30)21(13-17)29(22-14-18(2)6-10-26(22)31,23-15-19(3)7-11-27(23)32)24-16-20(4)8-12-28(24)33/h5-16,30-33H,1-4H3. The summed E-state index contributed by atoms with van der Waals surface area (Å²) in [6.07, 6.45) is 0. The van der Waals surface area contributed by atoms with E-state index in [0.29, 0.717) is 22.3 Å². The Kier molecular flexibility index (Phi) is 5.54. The Morgan fingerprint density at radius 3 is 0.818 bits per heavy atom. The molecular weight excluding hydrogens is 412 g/mol. The Labute approximate surface area is 194 Å². The summed E-state index contributed by atoms with van der Waals surface area (Å²) in [6.45, 7) is 7.65. The molecule has 4 aromatic carbocycles. The maximum absolute atomic E-state index is 11.2. The second-order valence-corrected chi connectivity index (χ2v) is 8.83. The van der Waals surface area contributed by atoms with Crippen molar-refractivity contribution >= 4 is 0 Å². The number of phenols is 4. The average Bonchev–Trinajstić information content (AvgIpc) is 2.77. The van der Waals surface area contributed by atoms with Gasteiger partial charge in [-0.05, 0) is 52.0 Å². The van der Waals surface area contributed by atoms with Gasteiger partial charge in [0.05, 0.1) is 5.41 Å². The molecule has 0 atom stereocenters. The Hall–Kier alpha value is -3.92. The van der Waals surface area contributed by atoms with Crippen molar-refractivity contribution in [3.05, 3.63) is 117 Å². The van der Waals surface area contributed by atoms with Crippen molar-refractivity contribution in [2.45, 2.75) is 33.1 Å². The Bertz CT molecular complexity index is 1140. The Morgan fingerprint density at radius 2 is 0.606 bits per heavy atom. The number of aryl methyl sites for hydroxylation is 4. The van der Waals surface area contributed by atoms with E-state index in [1.54, 1.807) is 48.5 Å². The number of hydrogen-bond donors (Lipinski definition) is 4. The van der Waals surface area contributed by atoms with Gasteiger partial charge in [0.25, 0.3) is 0 Å².